The van der Waals surface area contributed by atoms with Crippen molar-refractivity contribution in [3.8, 4) is 0 Å². The number of carbonyl (C=O) groups excluding carboxylic acids is 1. The second kappa shape index (κ2) is 9.92. The first-order valence-corrected chi connectivity index (χ1v) is 11.8. The molecule has 3 aromatic rings. The molecule has 0 aliphatic carbocycles. The van der Waals surface area contributed by atoms with Gasteiger partial charge in [0.15, 0.2) is 0 Å². The van der Waals surface area contributed by atoms with E-state index in [2.05, 4.69) is 0 Å². The molecule has 0 aromatic heterocycles. The Morgan fingerprint density at radius 3 is 2.16 bits per heavy atom. The number of hydrogen-bond donors (Lipinski definition) is 0. The molecule has 5 nitrogen and oxygen atoms in total. The summed E-state index contributed by atoms with van der Waals surface area (Å²) in [6, 6.07) is 19.6. The fraction of sp³-hybridized carbons (Fsp3) is 0.136. The number of hydrogen-bond acceptors (Lipinski definition) is 3. The summed E-state index contributed by atoms with van der Waals surface area (Å²) in [5, 5.41) is 0.833. The second-order valence-electron chi connectivity index (χ2n) is 6.77. The van der Waals surface area contributed by atoms with Crippen LogP contribution in [-0.4, -0.2) is 32.8 Å². The van der Waals surface area contributed by atoms with Gasteiger partial charge in [-0.15, -0.1) is 0 Å². The fourth-order valence-electron chi connectivity index (χ4n) is 2.90. The van der Waals surface area contributed by atoms with Crippen LogP contribution >= 0.6 is 34.8 Å². The van der Waals surface area contributed by atoms with E-state index < -0.39 is 22.5 Å². The highest BCUT2D eigenvalue weighted by Gasteiger charge is 2.30. The molecule has 0 N–H and O–H groups in total. The Bertz CT molecular complexity index is 1170. The molecule has 0 heterocycles. The summed E-state index contributed by atoms with van der Waals surface area (Å²) in [6.07, 6.45) is 0. The molecular weight excluding hydrogens is 479 g/mol. The van der Waals surface area contributed by atoms with Gasteiger partial charge in [0.2, 0.25) is 5.91 Å². The summed E-state index contributed by atoms with van der Waals surface area (Å²) in [4.78, 5) is 14.5. The zero-order valence-corrected chi connectivity index (χ0v) is 19.6. The minimum atomic E-state index is -4.08. The Labute approximate surface area is 196 Å². The minimum absolute atomic E-state index is 0.0409. The van der Waals surface area contributed by atoms with E-state index in [-0.39, 0.29) is 20.6 Å². The largest absolute Gasteiger partial charge is 0.340 e. The van der Waals surface area contributed by atoms with Gasteiger partial charge in [0.1, 0.15) is 6.54 Å². The van der Waals surface area contributed by atoms with E-state index in [0.29, 0.717) is 11.6 Å². The summed E-state index contributed by atoms with van der Waals surface area (Å²) >= 11 is 18.3. The highest BCUT2D eigenvalue weighted by atomic mass is 35.5. The van der Waals surface area contributed by atoms with Crippen LogP contribution in [0.1, 0.15) is 5.56 Å². The van der Waals surface area contributed by atoms with Crippen molar-refractivity contribution < 1.29 is 13.2 Å². The van der Waals surface area contributed by atoms with E-state index in [0.717, 1.165) is 9.87 Å². The number of carbonyl (C=O) groups is 1. The Hall–Kier alpha value is -2.25. The molecule has 0 unspecified atom stereocenters. The predicted octanol–water partition coefficient (Wildman–Crippen LogP) is 5.50. The van der Waals surface area contributed by atoms with Crippen LogP contribution in [0.4, 0.5) is 5.69 Å². The quantitative estimate of drug-likeness (QED) is 0.433. The van der Waals surface area contributed by atoms with Crippen LogP contribution in [-0.2, 0) is 21.4 Å². The summed E-state index contributed by atoms with van der Waals surface area (Å²) in [5.74, 6) is -0.412. The molecule has 3 rings (SSSR count). The molecule has 0 fully saturated rings. The maximum absolute atomic E-state index is 13.4. The first-order chi connectivity index (χ1) is 14.7. The smallest absolute Gasteiger partial charge is 0.264 e. The number of benzene rings is 3. The van der Waals surface area contributed by atoms with Crippen molar-refractivity contribution in [3.63, 3.8) is 0 Å². The molecule has 162 valence electrons. The molecule has 3 aromatic carbocycles. The number of amides is 1. The van der Waals surface area contributed by atoms with Crippen LogP contribution in [0.25, 0.3) is 0 Å². The first kappa shape index (κ1) is 23.4. The first-order valence-electron chi connectivity index (χ1n) is 9.20. The van der Waals surface area contributed by atoms with Crippen molar-refractivity contribution in [3.05, 3.63) is 93.4 Å². The van der Waals surface area contributed by atoms with Crippen molar-refractivity contribution in [2.75, 3.05) is 17.9 Å². The molecular formula is C22H19Cl3N2O3S. The predicted molar refractivity (Wildman–Crippen MR) is 125 cm³/mol. The van der Waals surface area contributed by atoms with Crippen molar-refractivity contribution in [2.45, 2.75) is 11.4 Å². The van der Waals surface area contributed by atoms with Gasteiger partial charge in [-0.25, -0.2) is 8.42 Å². The Balaban J connectivity index is 1.94. The van der Waals surface area contributed by atoms with Crippen LogP contribution in [0.15, 0.2) is 77.7 Å². The van der Waals surface area contributed by atoms with Gasteiger partial charge in [0.05, 0.1) is 20.6 Å². The molecule has 0 spiro atoms. The highest BCUT2D eigenvalue weighted by molar-refractivity contribution is 7.92. The van der Waals surface area contributed by atoms with Crippen LogP contribution in [0.3, 0.4) is 0 Å². The maximum Gasteiger partial charge on any atom is 0.264 e. The van der Waals surface area contributed by atoms with Crippen LogP contribution < -0.4 is 4.31 Å². The van der Waals surface area contributed by atoms with Gasteiger partial charge in [-0.2, -0.15) is 0 Å². The molecule has 0 aliphatic rings. The topological polar surface area (TPSA) is 57.7 Å². The van der Waals surface area contributed by atoms with E-state index in [1.807, 2.05) is 0 Å². The van der Waals surface area contributed by atoms with Gasteiger partial charge in [-0.05, 0) is 42.0 Å². The van der Waals surface area contributed by atoms with Crippen molar-refractivity contribution in [1.29, 1.82) is 0 Å². The molecule has 0 aliphatic heterocycles. The maximum atomic E-state index is 13.4. The lowest BCUT2D eigenvalue weighted by atomic mass is 10.2. The lowest BCUT2D eigenvalue weighted by Crippen LogP contribution is -2.41. The number of likely N-dealkylation sites (N-methyl/N-ethyl adjacent to an activating group) is 1. The van der Waals surface area contributed by atoms with Gasteiger partial charge in [0.25, 0.3) is 10.0 Å². The number of sulfonamides is 1. The lowest BCUT2D eigenvalue weighted by molar-refractivity contribution is -0.128. The van der Waals surface area contributed by atoms with Gasteiger partial charge in [0, 0.05) is 18.6 Å². The molecule has 0 radical (unpaired) electrons. The standard InChI is InChI=1S/C22H19Cl3N2O3S/c1-26(14-16-10-12-17(23)13-11-16)21(28)15-27(20-9-5-8-19(24)22(20)25)31(29,30)18-6-3-2-4-7-18/h2-13H,14-15H2,1H3. The van der Waals surface area contributed by atoms with E-state index in [4.69, 9.17) is 34.8 Å². The summed E-state index contributed by atoms with van der Waals surface area (Å²) in [7, 11) is -2.47. The molecule has 0 atom stereocenters. The highest BCUT2D eigenvalue weighted by Crippen LogP contribution is 2.35. The number of nitrogens with zero attached hydrogens (tertiary/aromatic N) is 2. The molecule has 9 heteroatoms. The molecule has 31 heavy (non-hydrogen) atoms. The molecule has 0 bridgehead atoms. The van der Waals surface area contributed by atoms with Crippen molar-refractivity contribution in [1.82, 2.24) is 4.90 Å². The third kappa shape index (κ3) is 5.52. The van der Waals surface area contributed by atoms with Gasteiger partial charge >= 0.3 is 0 Å². The van der Waals surface area contributed by atoms with E-state index in [9.17, 15) is 13.2 Å². The van der Waals surface area contributed by atoms with Crippen molar-refractivity contribution in [2.24, 2.45) is 0 Å². The third-order valence-electron chi connectivity index (χ3n) is 4.57. The van der Waals surface area contributed by atoms with Gasteiger partial charge < -0.3 is 4.90 Å². The van der Waals surface area contributed by atoms with Gasteiger partial charge in [-0.1, -0.05) is 71.2 Å². The number of rotatable bonds is 7. The summed E-state index contributed by atoms with van der Waals surface area (Å²) < 4.78 is 27.8. The molecule has 0 saturated heterocycles. The average Bonchev–Trinajstić information content (AvgIpc) is 2.76. The second-order valence-corrected chi connectivity index (χ2v) is 9.86. The number of halogens is 3. The van der Waals surface area contributed by atoms with Crippen molar-refractivity contribution >= 4 is 56.4 Å². The zero-order valence-electron chi connectivity index (χ0n) is 16.5. The minimum Gasteiger partial charge on any atom is -0.340 e. The molecule has 1 amide bonds. The van der Waals surface area contributed by atoms with Gasteiger partial charge in [-0.3, -0.25) is 9.10 Å². The Kier molecular flexibility index (Phi) is 7.49. The van der Waals surface area contributed by atoms with Crippen LogP contribution in [0.5, 0.6) is 0 Å². The third-order valence-corrected chi connectivity index (χ3v) is 7.40. The van der Waals surface area contributed by atoms with E-state index in [1.165, 1.54) is 23.1 Å². The van der Waals surface area contributed by atoms with Crippen LogP contribution in [0, 0.1) is 0 Å². The van der Waals surface area contributed by atoms with E-state index in [1.54, 1.807) is 61.6 Å². The lowest BCUT2D eigenvalue weighted by Gasteiger charge is -2.27. The Morgan fingerprint density at radius 1 is 0.871 bits per heavy atom. The zero-order chi connectivity index (χ0) is 22.6. The SMILES string of the molecule is CN(Cc1ccc(Cl)cc1)C(=O)CN(c1cccc(Cl)c1Cl)S(=O)(=O)c1ccccc1. The average molecular weight is 498 g/mol. The summed E-state index contributed by atoms with van der Waals surface area (Å²) in [5.41, 5.74) is 0.991. The monoisotopic (exact) mass is 496 g/mol. The number of anilines is 1. The summed E-state index contributed by atoms with van der Waals surface area (Å²) in [6.45, 7) is -0.153. The normalized spacial score (nSPS) is 11.2. The fourth-order valence-corrected chi connectivity index (χ4v) is 4.92. The Morgan fingerprint density at radius 2 is 1.52 bits per heavy atom. The van der Waals surface area contributed by atoms with Crippen LogP contribution in [0.2, 0.25) is 15.1 Å². The van der Waals surface area contributed by atoms with E-state index >= 15 is 0 Å². The molecule has 0 saturated carbocycles.